The minimum Gasteiger partial charge on any atom is -0.376 e. The first-order valence-electron chi connectivity index (χ1n) is 11.1. The van der Waals surface area contributed by atoms with E-state index < -0.39 is 5.91 Å². The molecule has 0 saturated carbocycles. The van der Waals surface area contributed by atoms with E-state index in [2.05, 4.69) is 5.32 Å². The number of benzene rings is 1. The number of aryl methyl sites for hydroxylation is 1. The number of hydrogen-bond donors (Lipinski definition) is 2. The highest BCUT2D eigenvalue weighted by molar-refractivity contribution is 5.96. The summed E-state index contributed by atoms with van der Waals surface area (Å²) in [7, 11) is 0. The third kappa shape index (κ3) is 4.05. The molecule has 1 atom stereocenters. The zero-order valence-corrected chi connectivity index (χ0v) is 18.4. The van der Waals surface area contributed by atoms with Gasteiger partial charge in [0.25, 0.3) is 11.5 Å². The highest BCUT2D eigenvalue weighted by Gasteiger charge is 2.22. The molecule has 168 valence electrons. The van der Waals surface area contributed by atoms with Crippen molar-refractivity contribution in [3.8, 4) is 0 Å². The van der Waals surface area contributed by atoms with Crippen LogP contribution in [0.3, 0.4) is 0 Å². The number of nitrogens with zero attached hydrogens (tertiary/aromatic N) is 3. The highest BCUT2D eigenvalue weighted by Crippen LogP contribution is 2.17. The molecule has 1 fully saturated rings. The monoisotopic (exact) mass is 443 g/mol. The molecule has 0 bridgehead atoms. The quantitative estimate of drug-likeness (QED) is 0.463. The Kier molecular flexibility index (Phi) is 5.51. The first kappa shape index (κ1) is 21.1. The minimum absolute atomic E-state index is 0.0203. The largest absolute Gasteiger partial charge is 0.376 e. The summed E-state index contributed by atoms with van der Waals surface area (Å²) >= 11 is 0. The number of carbonyl (C=O) groups is 1. The van der Waals surface area contributed by atoms with E-state index in [1.807, 2.05) is 43.3 Å². The molecule has 4 heterocycles. The molecule has 0 aliphatic carbocycles. The van der Waals surface area contributed by atoms with Gasteiger partial charge >= 0.3 is 0 Å². The van der Waals surface area contributed by atoms with Gasteiger partial charge in [0.05, 0.1) is 23.6 Å². The van der Waals surface area contributed by atoms with Crippen molar-refractivity contribution in [1.82, 2.24) is 19.3 Å². The van der Waals surface area contributed by atoms with Gasteiger partial charge in [-0.2, -0.15) is 0 Å². The molecule has 1 aliphatic heterocycles. The topological polar surface area (TPSA) is 101 Å². The van der Waals surface area contributed by atoms with Crippen LogP contribution in [0.15, 0.2) is 59.5 Å². The minimum atomic E-state index is -0.402. The fourth-order valence-corrected chi connectivity index (χ4v) is 4.26. The molecule has 1 amide bonds. The van der Waals surface area contributed by atoms with Crippen LogP contribution >= 0.6 is 0 Å². The number of pyridine rings is 2. The molecule has 3 aromatic heterocycles. The number of fused-ring (bicyclic) bond motifs is 2. The van der Waals surface area contributed by atoms with Crippen LogP contribution in [0.1, 0.15) is 34.3 Å². The van der Waals surface area contributed by atoms with E-state index in [0.29, 0.717) is 36.4 Å². The van der Waals surface area contributed by atoms with Crippen molar-refractivity contribution in [2.75, 3.05) is 6.61 Å². The number of hydrogen-bond acceptors (Lipinski definition) is 5. The van der Waals surface area contributed by atoms with E-state index in [9.17, 15) is 9.59 Å². The predicted molar refractivity (Wildman–Crippen MR) is 124 cm³/mol. The lowest BCUT2D eigenvalue weighted by Crippen LogP contribution is -2.36. The van der Waals surface area contributed by atoms with Crippen molar-refractivity contribution in [3.05, 3.63) is 87.3 Å². The van der Waals surface area contributed by atoms with Crippen molar-refractivity contribution in [1.29, 1.82) is 5.41 Å². The number of ether oxygens (including phenoxy) is 1. The summed E-state index contributed by atoms with van der Waals surface area (Å²) in [6.45, 7) is 3.27. The van der Waals surface area contributed by atoms with Gasteiger partial charge in [0.1, 0.15) is 16.8 Å². The molecule has 8 nitrogen and oxygen atoms in total. The van der Waals surface area contributed by atoms with Gasteiger partial charge in [-0.15, -0.1) is 0 Å². The lowest BCUT2D eigenvalue weighted by atomic mass is 10.1. The van der Waals surface area contributed by atoms with E-state index in [1.54, 1.807) is 16.8 Å². The number of amides is 1. The summed E-state index contributed by atoms with van der Waals surface area (Å²) < 4.78 is 8.92. The standard InChI is InChI=1S/C25H25N5O3/c1-16-9-10-21-28-23-20(25(32)29(21)14-16)12-19(22(26)30(23)15-18-8-5-11-33-18)24(31)27-13-17-6-3-2-4-7-17/h2-4,6-7,9-10,12,14,18,26H,5,8,11,13,15H2,1H3,(H,27,31)/t18-/m0/s1. The third-order valence-corrected chi connectivity index (χ3v) is 6.01. The summed E-state index contributed by atoms with van der Waals surface area (Å²) in [5, 5.41) is 12.0. The van der Waals surface area contributed by atoms with Gasteiger partial charge in [-0.25, -0.2) is 4.98 Å². The van der Waals surface area contributed by atoms with Crippen LogP contribution in [0.2, 0.25) is 0 Å². The van der Waals surface area contributed by atoms with E-state index in [4.69, 9.17) is 15.1 Å². The molecule has 33 heavy (non-hydrogen) atoms. The fourth-order valence-electron chi connectivity index (χ4n) is 4.26. The van der Waals surface area contributed by atoms with Crippen LogP contribution in [0.5, 0.6) is 0 Å². The second kappa shape index (κ2) is 8.63. The van der Waals surface area contributed by atoms with E-state index in [0.717, 1.165) is 24.0 Å². The van der Waals surface area contributed by atoms with Crippen molar-refractivity contribution < 1.29 is 9.53 Å². The predicted octanol–water partition coefficient (Wildman–Crippen LogP) is 2.55. The molecular weight excluding hydrogens is 418 g/mol. The van der Waals surface area contributed by atoms with Gasteiger partial charge in [-0.3, -0.25) is 19.4 Å². The molecule has 0 spiro atoms. The Morgan fingerprint density at radius 1 is 1.24 bits per heavy atom. The summed E-state index contributed by atoms with van der Waals surface area (Å²) in [4.78, 5) is 31.2. The normalized spacial score (nSPS) is 15.8. The average Bonchev–Trinajstić information content (AvgIpc) is 3.34. The molecule has 1 aromatic carbocycles. The first-order valence-corrected chi connectivity index (χ1v) is 11.1. The Morgan fingerprint density at radius 2 is 2.06 bits per heavy atom. The molecule has 4 aromatic rings. The van der Waals surface area contributed by atoms with Crippen LogP contribution in [0.25, 0.3) is 16.7 Å². The molecule has 1 saturated heterocycles. The van der Waals surface area contributed by atoms with Crippen LogP contribution in [-0.2, 0) is 17.8 Å². The molecule has 0 radical (unpaired) electrons. The second-order valence-electron chi connectivity index (χ2n) is 8.41. The maximum atomic E-state index is 13.4. The van der Waals surface area contributed by atoms with E-state index >= 15 is 0 Å². The zero-order valence-electron chi connectivity index (χ0n) is 18.4. The van der Waals surface area contributed by atoms with Crippen LogP contribution in [-0.4, -0.2) is 32.6 Å². The van der Waals surface area contributed by atoms with Gasteiger partial charge in [0.2, 0.25) is 0 Å². The lowest BCUT2D eigenvalue weighted by Gasteiger charge is -2.17. The summed E-state index contributed by atoms with van der Waals surface area (Å²) in [5.41, 5.74) is 2.67. The Bertz CT molecular complexity index is 1470. The fraction of sp³-hybridized carbons (Fsp3) is 0.280. The summed E-state index contributed by atoms with van der Waals surface area (Å²) in [6, 6.07) is 14.7. The Balaban J connectivity index is 1.65. The number of nitrogens with one attached hydrogen (secondary N) is 2. The Morgan fingerprint density at radius 3 is 2.82 bits per heavy atom. The van der Waals surface area contributed by atoms with Crippen molar-refractivity contribution in [3.63, 3.8) is 0 Å². The molecule has 5 rings (SSSR count). The Labute approximate surface area is 190 Å². The van der Waals surface area contributed by atoms with Crippen molar-refractivity contribution >= 4 is 22.6 Å². The SMILES string of the molecule is Cc1ccc2nc3c(cc(C(=O)NCc4ccccc4)c(=N)n3C[C@@H]3CCCO3)c(=O)n2c1. The molecule has 8 heteroatoms. The maximum absolute atomic E-state index is 13.4. The van der Waals surface area contributed by atoms with Gasteiger partial charge < -0.3 is 14.6 Å². The molecule has 1 aliphatic rings. The molecule has 0 unspecified atom stereocenters. The van der Waals surface area contributed by atoms with Crippen molar-refractivity contribution in [2.24, 2.45) is 0 Å². The third-order valence-electron chi connectivity index (χ3n) is 6.01. The van der Waals surface area contributed by atoms with Gasteiger partial charge in [-0.05, 0) is 43.0 Å². The average molecular weight is 444 g/mol. The maximum Gasteiger partial charge on any atom is 0.267 e. The summed E-state index contributed by atoms with van der Waals surface area (Å²) in [6.07, 6.45) is 3.47. The number of aromatic nitrogens is 3. The lowest BCUT2D eigenvalue weighted by molar-refractivity contribution is 0.0931. The molecule has 2 N–H and O–H groups in total. The van der Waals surface area contributed by atoms with Crippen LogP contribution < -0.4 is 16.4 Å². The number of rotatable bonds is 5. The van der Waals surface area contributed by atoms with Gasteiger partial charge in [0, 0.05) is 19.3 Å². The van der Waals surface area contributed by atoms with Crippen molar-refractivity contribution in [2.45, 2.75) is 39.0 Å². The summed E-state index contributed by atoms with van der Waals surface area (Å²) in [5.74, 6) is -0.402. The van der Waals surface area contributed by atoms with E-state index in [-0.39, 0.29) is 22.7 Å². The second-order valence-corrected chi connectivity index (χ2v) is 8.41. The van der Waals surface area contributed by atoms with Crippen LogP contribution in [0, 0.1) is 12.3 Å². The van der Waals surface area contributed by atoms with E-state index in [1.165, 1.54) is 10.5 Å². The number of carbonyl (C=O) groups excluding carboxylic acids is 1. The zero-order chi connectivity index (χ0) is 22.9. The first-order chi connectivity index (χ1) is 16.0. The molecular formula is C25H25N5O3. The Hall–Kier alpha value is -3.78. The van der Waals surface area contributed by atoms with Crippen LogP contribution in [0.4, 0.5) is 0 Å². The van der Waals surface area contributed by atoms with Gasteiger partial charge in [0.15, 0.2) is 0 Å². The smallest absolute Gasteiger partial charge is 0.267 e. The van der Waals surface area contributed by atoms with Gasteiger partial charge in [-0.1, -0.05) is 36.4 Å². The highest BCUT2D eigenvalue weighted by atomic mass is 16.5.